The highest BCUT2D eigenvalue weighted by atomic mass is 16.3. The zero-order valence-electron chi connectivity index (χ0n) is 10.2. The summed E-state index contributed by atoms with van der Waals surface area (Å²) in [6.45, 7) is 3.99. The number of hydrogen-bond acceptors (Lipinski definition) is 2. The Hall–Kier alpha value is -0.860. The number of nitrogens with zero attached hydrogens (tertiary/aromatic N) is 1. The van der Waals surface area contributed by atoms with Crippen molar-refractivity contribution >= 4 is 0 Å². The molecule has 1 aliphatic rings. The fourth-order valence-corrected chi connectivity index (χ4v) is 2.57. The monoisotopic (exact) mass is 219 g/mol. The number of likely N-dealkylation sites (N-methyl/N-ethyl adjacent to an activating group) is 1. The molecule has 0 bridgehead atoms. The van der Waals surface area contributed by atoms with E-state index in [1.807, 2.05) is 0 Å². The molecule has 88 valence electrons. The summed E-state index contributed by atoms with van der Waals surface area (Å²) in [4.78, 5) is 2.22. The van der Waals surface area contributed by atoms with Gasteiger partial charge in [0.2, 0.25) is 0 Å². The van der Waals surface area contributed by atoms with Gasteiger partial charge in [-0.1, -0.05) is 29.8 Å². The van der Waals surface area contributed by atoms with Crippen molar-refractivity contribution in [2.45, 2.75) is 31.8 Å². The Balaban J connectivity index is 2.05. The zero-order valence-corrected chi connectivity index (χ0v) is 10.2. The number of benzene rings is 1. The summed E-state index contributed by atoms with van der Waals surface area (Å²) in [5.74, 6) is 0. The highest BCUT2D eigenvalue weighted by Gasteiger charge is 2.31. The third kappa shape index (κ3) is 2.83. The standard InChI is InChI=1S/C14H21NO/c1-12-4-6-13(7-5-12)10-14(16)8-3-9-15(2)11-14/h4-7,16H,3,8-11H2,1-2H3. The Kier molecular flexibility index (Phi) is 3.31. The number of aliphatic hydroxyl groups is 1. The molecular weight excluding hydrogens is 198 g/mol. The largest absolute Gasteiger partial charge is 0.388 e. The molecule has 0 aliphatic carbocycles. The van der Waals surface area contributed by atoms with E-state index in [1.165, 1.54) is 11.1 Å². The van der Waals surface area contributed by atoms with Crippen LogP contribution in [0.25, 0.3) is 0 Å². The number of piperidine rings is 1. The third-order valence-electron chi connectivity index (χ3n) is 3.40. The van der Waals surface area contributed by atoms with E-state index >= 15 is 0 Å². The Morgan fingerprint density at radius 3 is 2.62 bits per heavy atom. The van der Waals surface area contributed by atoms with E-state index in [0.717, 1.165) is 32.4 Å². The predicted molar refractivity (Wildman–Crippen MR) is 66.6 cm³/mol. The van der Waals surface area contributed by atoms with Crippen LogP contribution in [0.1, 0.15) is 24.0 Å². The minimum atomic E-state index is -0.526. The summed E-state index contributed by atoms with van der Waals surface area (Å²) in [6, 6.07) is 8.49. The number of β-amino-alcohol motifs (C(OH)–C–C–N with tert-alkyl or cyclic N) is 1. The number of aryl methyl sites for hydroxylation is 1. The van der Waals surface area contributed by atoms with Crippen molar-refractivity contribution in [1.82, 2.24) is 4.90 Å². The summed E-state index contributed by atoms with van der Waals surface area (Å²) in [6.07, 6.45) is 2.79. The predicted octanol–water partition coefficient (Wildman–Crippen LogP) is 1.99. The lowest BCUT2D eigenvalue weighted by molar-refractivity contribution is -0.0223. The molecule has 1 aromatic rings. The lowest BCUT2D eigenvalue weighted by Gasteiger charge is -2.37. The molecule has 2 rings (SSSR count). The number of rotatable bonds is 2. The second-order valence-electron chi connectivity index (χ2n) is 5.23. The lowest BCUT2D eigenvalue weighted by Crippen LogP contribution is -2.47. The summed E-state index contributed by atoms with van der Waals surface area (Å²) in [7, 11) is 2.08. The summed E-state index contributed by atoms with van der Waals surface area (Å²) >= 11 is 0. The van der Waals surface area contributed by atoms with Gasteiger partial charge in [0.1, 0.15) is 0 Å². The molecule has 2 nitrogen and oxygen atoms in total. The van der Waals surface area contributed by atoms with E-state index in [2.05, 4.69) is 43.1 Å². The van der Waals surface area contributed by atoms with Gasteiger partial charge in [-0.15, -0.1) is 0 Å². The van der Waals surface area contributed by atoms with Gasteiger partial charge in [-0.25, -0.2) is 0 Å². The molecule has 0 radical (unpaired) electrons. The topological polar surface area (TPSA) is 23.5 Å². The van der Waals surface area contributed by atoms with Crippen molar-refractivity contribution in [1.29, 1.82) is 0 Å². The fraction of sp³-hybridized carbons (Fsp3) is 0.571. The molecule has 1 fully saturated rings. The first-order valence-corrected chi connectivity index (χ1v) is 6.04. The van der Waals surface area contributed by atoms with E-state index in [0.29, 0.717) is 0 Å². The van der Waals surface area contributed by atoms with Crippen molar-refractivity contribution in [3.8, 4) is 0 Å². The van der Waals surface area contributed by atoms with Crippen molar-refractivity contribution in [3.63, 3.8) is 0 Å². The van der Waals surface area contributed by atoms with Gasteiger partial charge in [0.05, 0.1) is 5.60 Å². The van der Waals surface area contributed by atoms with Crippen LogP contribution in [0, 0.1) is 6.92 Å². The van der Waals surface area contributed by atoms with Crippen LogP contribution in [0.15, 0.2) is 24.3 Å². The van der Waals surface area contributed by atoms with Gasteiger partial charge in [-0.05, 0) is 38.9 Å². The summed E-state index contributed by atoms with van der Waals surface area (Å²) < 4.78 is 0. The maximum atomic E-state index is 10.5. The minimum absolute atomic E-state index is 0.526. The molecule has 1 aliphatic heterocycles. The van der Waals surface area contributed by atoms with Crippen LogP contribution in [0.2, 0.25) is 0 Å². The van der Waals surface area contributed by atoms with Crippen molar-refractivity contribution in [2.24, 2.45) is 0 Å². The first kappa shape index (κ1) is 11.6. The average molecular weight is 219 g/mol. The first-order chi connectivity index (χ1) is 7.57. The number of hydrogen-bond donors (Lipinski definition) is 1. The lowest BCUT2D eigenvalue weighted by atomic mass is 9.86. The van der Waals surface area contributed by atoms with Gasteiger partial charge in [-0.2, -0.15) is 0 Å². The molecular formula is C14H21NO. The molecule has 0 spiro atoms. The molecule has 16 heavy (non-hydrogen) atoms. The molecule has 1 heterocycles. The molecule has 0 amide bonds. The highest BCUT2D eigenvalue weighted by Crippen LogP contribution is 2.24. The Morgan fingerprint density at radius 2 is 2.00 bits per heavy atom. The molecule has 1 unspecified atom stereocenters. The van der Waals surface area contributed by atoms with Gasteiger partial charge >= 0.3 is 0 Å². The Morgan fingerprint density at radius 1 is 1.31 bits per heavy atom. The Labute approximate surface area is 97.9 Å². The maximum absolute atomic E-state index is 10.5. The molecule has 1 saturated heterocycles. The zero-order chi connectivity index (χ0) is 11.6. The van der Waals surface area contributed by atoms with Crippen LogP contribution < -0.4 is 0 Å². The van der Waals surface area contributed by atoms with E-state index in [9.17, 15) is 5.11 Å². The Bertz CT molecular complexity index is 346. The van der Waals surface area contributed by atoms with Crippen LogP contribution in [0.4, 0.5) is 0 Å². The van der Waals surface area contributed by atoms with Crippen LogP contribution >= 0.6 is 0 Å². The van der Waals surface area contributed by atoms with Gasteiger partial charge in [0, 0.05) is 13.0 Å². The van der Waals surface area contributed by atoms with Gasteiger partial charge < -0.3 is 10.0 Å². The first-order valence-electron chi connectivity index (χ1n) is 6.04. The summed E-state index contributed by atoms with van der Waals surface area (Å²) in [5, 5.41) is 10.5. The average Bonchev–Trinajstić information content (AvgIpc) is 2.21. The molecule has 1 N–H and O–H groups in total. The van der Waals surface area contributed by atoms with Gasteiger partial charge in [0.25, 0.3) is 0 Å². The van der Waals surface area contributed by atoms with Crippen molar-refractivity contribution in [3.05, 3.63) is 35.4 Å². The van der Waals surface area contributed by atoms with Crippen LogP contribution in [0.3, 0.4) is 0 Å². The normalized spacial score (nSPS) is 26.9. The van der Waals surface area contributed by atoms with Gasteiger partial charge in [0.15, 0.2) is 0 Å². The number of likely N-dealkylation sites (tertiary alicyclic amines) is 1. The maximum Gasteiger partial charge on any atom is 0.0814 e. The third-order valence-corrected chi connectivity index (χ3v) is 3.40. The quantitative estimate of drug-likeness (QED) is 0.822. The van der Waals surface area contributed by atoms with Crippen LogP contribution in [-0.4, -0.2) is 35.7 Å². The smallest absolute Gasteiger partial charge is 0.0814 e. The van der Waals surface area contributed by atoms with Crippen LogP contribution in [0.5, 0.6) is 0 Å². The van der Waals surface area contributed by atoms with Crippen LogP contribution in [-0.2, 0) is 6.42 Å². The van der Waals surface area contributed by atoms with E-state index < -0.39 is 5.60 Å². The molecule has 0 aromatic heterocycles. The van der Waals surface area contributed by atoms with Crippen molar-refractivity contribution in [2.75, 3.05) is 20.1 Å². The van der Waals surface area contributed by atoms with Crippen molar-refractivity contribution < 1.29 is 5.11 Å². The van der Waals surface area contributed by atoms with E-state index in [1.54, 1.807) is 0 Å². The second kappa shape index (κ2) is 4.56. The highest BCUT2D eigenvalue weighted by molar-refractivity contribution is 5.23. The molecule has 0 saturated carbocycles. The second-order valence-corrected chi connectivity index (χ2v) is 5.23. The molecule has 1 atom stereocenters. The van der Waals surface area contributed by atoms with E-state index in [-0.39, 0.29) is 0 Å². The fourth-order valence-electron chi connectivity index (χ4n) is 2.57. The minimum Gasteiger partial charge on any atom is -0.388 e. The van der Waals surface area contributed by atoms with E-state index in [4.69, 9.17) is 0 Å². The molecule has 2 heteroatoms. The SMILES string of the molecule is Cc1ccc(CC2(O)CCCN(C)C2)cc1. The molecule has 1 aromatic carbocycles. The van der Waals surface area contributed by atoms with Gasteiger partial charge in [-0.3, -0.25) is 0 Å². The summed E-state index contributed by atoms with van der Waals surface area (Å²) in [5.41, 5.74) is 1.99.